The summed E-state index contributed by atoms with van der Waals surface area (Å²) in [6.07, 6.45) is 4.78. The van der Waals surface area contributed by atoms with E-state index in [4.69, 9.17) is 9.97 Å². The maximum absolute atomic E-state index is 4.83. The van der Waals surface area contributed by atoms with E-state index < -0.39 is 0 Å². The van der Waals surface area contributed by atoms with Crippen LogP contribution in [0, 0.1) is 26.2 Å². The molecule has 158 valence electrons. The predicted molar refractivity (Wildman–Crippen MR) is 129 cm³/mol. The number of nitrogens with zero attached hydrogens (tertiary/aromatic N) is 3. The first-order chi connectivity index (χ1) is 14.6. The van der Waals surface area contributed by atoms with E-state index in [2.05, 4.69) is 95.6 Å². The maximum Gasteiger partial charge on any atom is 0.213 e. The van der Waals surface area contributed by atoms with Gasteiger partial charge >= 0.3 is 0 Å². The zero-order valence-corrected chi connectivity index (χ0v) is 19.7. The lowest BCUT2D eigenvalue weighted by molar-refractivity contribution is -0.633. The van der Waals surface area contributed by atoms with Crippen molar-refractivity contribution in [1.29, 1.82) is 0 Å². The van der Waals surface area contributed by atoms with Gasteiger partial charge in [0.05, 0.1) is 23.0 Å². The molecule has 0 amide bonds. The molecule has 4 aromatic rings. The second-order valence-corrected chi connectivity index (χ2v) is 9.90. The fourth-order valence-electron chi connectivity index (χ4n) is 4.34. The first kappa shape index (κ1) is 21.2. The minimum atomic E-state index is 0.192. The second kappa shape index (κ2) is 7.88. The third-order valence-corrected chi connectivity index (χ3v) is 5.98. The van der Waals surface area contributed by atoms with Gasteiger partial charge in [0.1, 0.15) is 7.05 Å². The highest BCUT2D eigenvalue weighted by Crippen LogP contribution is 2.32. The molecule has 0 aliphatic heterocycles. The van der Waals surface area contributed by atoms with E-state index in [9.17, 15) is 0 Å². The number of fused-ring (bicyclic) bond motifs is 1. The Labute approximate surface area is 185 Å². The predicted octanol–water partition coefficient (Wildman–Crippen LogP) is 6.30. The van der Waals surface area contributed by atoms with Gasteiger partial charge in [0.15, 0.2) is 0 Å². The first-order valence-electron chi connectivity index (χ1n) is 11.0. The highest BCUT2D eigenvalue weighted by Gasteiger charge is 2.22. The van der Waals surface area contributed by atoms with E-state index in [1.165, 1.54) is 38.9 Å². The highest BCUT2D eigenvalue weighted by atomic mass is 14.9. The van der Waals surface area contributed by atoms with Crippen molar-refractivity contribution in [3.05, 3.63) is 77.2 Å². The van der Waals surface area contributed by atoms with Crippen LogP contribution in [-0.4, -0.2) is 9.97 Å². The van der Waals surface area contributed by atoms with E-state index in [1.54, 1.807) is 0 Å². The molecule has 0 bridgehead atoms. The van der Waals surface area contributed by atoms with Gasteiger partial charge in [-0.2, -0.15) is 4.57 Å². The lowest BCUT2D eigenvalue weighted by Gasteiger charge is -2.17. The molecule has 0 N–H and O–H groups in total. The number of hydrogen-bond acceptors (Lipinski definition) is 2. The molecule has 2 aromatic carbocycles. The molecular formula is C28H32N3+. The van der Waals surface area contributed by atoms with Crippen LogP contribution in [0.25, 0.3) is 33.4 Å². The summed E-state index contributed by atoms with van der Waals surface area (Å²) in [5, 5.41) is 1.19. The molecule has 0 aliphatic carbocycles. The fraction of sp³-hybridized carbons (Fsp3) is 0.321. The Morgan fingerprint density at radius 1 is 0.871 bits per heavy atom. The molecule has 0 saturated carbocycles. The van der Waals surface area contributed by atoms with Gasteiger partial charge < -0.3 is 0 Å². The SMILES string of the molecule is Cc1cc(C)c(C)c(-c2cc(-c3cnc(CC(C)(C)C)cn3)c3ccccc3[n+]2C)c1. The van der Waals surface area contributed by atoms with Crippen molar-refractivity contribution in [1.82, 2.24) is 9.97 Å². The number of aromatic nitrogens is 3. The smallest absolute Gasteiger partial charge is 0.213 e. The van der Waals surface area contributed by atoms with Crippen molar-refractivity contribution in [2.45, 2.75) is 48.0 Å². The molecule has 2 heterocycles. The first-order valence-corrected chi connectivity index (χ1v) is 11.0. The standard InChI is InChI=1S/C28H32N3/c1-18-12-19(2)20(3)23(13-18)27-14-24(22-10-8-9-11-26(22)31(27)7)25-17-29-21(16-30-25)15-28(4,5)6/h8-14,16-17H,15H2,1-7H3/q+1. The molecule has 0 saturated heterocycles. The molecule has 3 nitrogen and oxygen atoms in total. The molecule has 0 aliphatic rings. The third-order valence-electron chi connectivity index (χ3n) is 5.98. The monoisotopic (exact) mass is 410 g/mol. The summed E-state index contributed by atoms with van der Waals surface area (Å²) < 4.78 is 2.29. The summed E-state index contributed by atoms with van der Waals surface area (Å²) >= 11 is 0. The fourth-order valence-corrected chi connectivity index (χ4v) is 4.34. The van der Waals surface area contributed by atoms with Crippen LogP contribution in [0.5, 0.6) is 0 Å². The van der Waals surface area contributed by atoms with Gasteiger partial charge in [0.25, 0.3) is 0 Å². The van der Waals surface area contributed by atoms with E-state index in [-0.39, 0.29) is 5.41 Å². The van der Waals surface area contributed by atoms with Crippen molar-refractivity contribution in [3.63, 3.8) is 0 Å². The van der Waals surface area contributed by atoms with Crippen LogP contribution in [-0.2, 0) is 13.5 Å². The lowest BCUT2D eigenvalue weighted by atomic mass is 9.91. The van der Waals surface area contributed by atoms with E-state index >= 15 is 0 Å². The Kier molecular flexibility index (Phi) is 5.38. The molecule has 0 radical (unpaired) electrons. The van der Waals surface area contributed by atoms with Crippen LogP contribution in [0.2, 0.25) is 0 Å². The minimum Gasteiger partial charge on any atom is -0.257 e. The van der Waals surface area contributed by atoms with Crippen molar-refractivity contribution >= 4 is 10.9 Å². The van der Waals surface area contributed by atoms with Gasteiger partial charge in [-0.15, -0.1) is 0 Å². The molecule has 0 atom stereocenters. The average Bonchev–Trinajstić information content (AvgIpc) is 2.71. The van der Waals surface area contributed by atoms with Crippen molar-refractivity contribution in [2.75, 3.05) is 0 Å². The molecule has 31 heavy (non-hydrogen) atoms. The number of benzene rings is 2. The Hall–Kier alpha value is -3.07. The zero-order chi connectivity index (χ0) is 22.3. The zero-order valence-electron chi connectivity index (χ0n) is 19.7. The normalized spacial score (nSPS) is 11.8. The molecular weight excluding hydrogens is 378 g/mol. The van der Waals surface area contributed by atoms with Crippen LogP contribution < -0.4 is 4.57 Å². The van der Waals surface area contributed by atoms with Crippen molar-refractivity contribution in [2.24, 2.45) is 12.5 Å². The molecule has 3 heteroatoms. The summed E-state index contributed by atoms with van der Waals surface area (Å²) in [7, 11) is 2.15. The van der Waals surface area contributed by atoms with Crippen LogP contribution in [0.15, 0.2) is 54.9 Å². The minimum absolute atomic E-state index is 0.192. The Bertz CT molecular complexity index is 1260. The van der Waals surface area contributed by atoms with Gasteiger partial charge in [0, 0.05) is 29.5 Å². The van der Waals surface area contributed by atoms with E-state index in [0.717, 1.165) is 23.4 Å². The molecule has 4 rings (SSSR count). The van der Waals surface area contributed by atoms with Crippen LogP contribution in [0.1, 0.15) is 43.2 Å². The number of hydrogen-bond donors (Lipinski definition) is 0. The molecule has 0 unspecified atom stereocenters. The molecule has 2 aromatic heterocycles. The van der Waals surface area contributed by atoms with Gasteiger partial charge in [-0.25, -0.2) is 0 Å². The summed E-state index contributed by atoms with van der Waals surface area (Å²) in [6, 6.07) is 15.4. The summed E-state index contributed by atoms with van der Waals surface area (Å²) in [6.45, 7) is 13.2. The number of rotatable bonds is 3. The van der Waals surface area contributed by atoms with Crippen molar-refractivity contribution in [3.8, 4) is 22.5 Å². The Morgan fingerprint density at radius 2 is 1.61 bits per heavy atom. The third kappa shape index (κ3) is 4.23. The Morgan fingerprint density at radius 3 is 2.29 bits per heavy atom. The van der Waals surface area contributed by atoms with E-state index in [0.29, 0.717) is 0 Å². The topological polar surface area (TPSA) is 29.7 Å². The lowest BCUT2D eigenvalue weighted by Crippen LogP contribution is -2.32. The van der Waals surface area contributed by atoms with Crippen molar-refractivity contribution < 1.29 is 4.57 Å². The summed E-state index contributed by atoms with van der Waals surface area (Å²) in [5.41, 5.74) is 10.8. The van der Waals surface area contributed by atoms with Gasteiger partial charge in [-0.1, -0.05) is 44.5 Å². The van der Waals surface area contributed by atoms with Gasteiger partial charge in [0.2, 0.25) is 11.2 Å². The van der Waals surface area contributed by atoms with Gasteiger partial charge in [-0.05, 0) is 55.9 Å². The number of aryl methyl sites for hydroxylation is 3. The van der Waals surface area contributed by atoms with Crippen LogP contribution in [0.4, 0.5) is 0 Å². The maximum atomic E-state index is 4.83. The average molecular weight is 411 g/mol. The Balaban J connectivity index is 1.94. The van der Waals surface area contributed by atoms with E-state index in [1.807, 2.05) is 12.4 Å². The van der Waals surface area contributed by atoms with Gasteiger partial charge in [-0.3, -0.25) is 9.97 Å². The van der Waals surface area contributed by atoms with Crippen LogP contribution >= 0.6 is 0 Å². The number of para-hydroxylation sites is 1. The molecule has 0 spiro atoms. The summed E-state index contributed by atoms with van der Waals surface area (Å²) in [4.78, 5) is 9.58. The number of pyridine rings is 1. The summed E-state index contributed by atoms with van der Waals surface area (Å²) in [5.74, 6) is 0. The highest BCUT2D eigenvalue weighted by molar-refractivity contribution is 5.93. The van der Waals surface area contributed by atoms with Crippen LogP contribution in [0.3, 0.4) is 0 Å². The second-order valence-electron chi connectivity index (χ2n) is 9.90. The molecule has 0 fully saturated rings. The quantitative estimate of drug-likeness (QED) is 0.371. The largest absolute Gasteiger partial charge is 0.257 e.